The molecule has 7 heteroatoms. The van der Waals surface area contributed by atoms with Crippen LogP contribution in [0.15, 0.2) is 40.3 Å². The Kier molecular flexibility index (Phi) is 6.09. The van der Waals surface area contributed by atoms with Crippen LogP contribution in [0.1, 0.15) is 64.7 Å². The van der Waals surface area contributed by atoms with E-state index in [-0.39, 0.29) is 7.18 Å². The van der Waals surface area contributed by atoms with Gasteiger partial charge in [-0.3, -0.25) is 0 Å². The van der Waals surface area contributed by atoms with E-state index in [0.717, 1.165) is 59.3 Å². The first-order valence-electron chi connectivity index (χ1n) is 10.5. The van der Waals surface area contributed by atoms with Gasteiger partial charge in [0, 0.05) is 18.5 Å². The van der Waals surface area contributed by atoms with Gasteiger partial charge in [-0.25, -0.2) is 9.97 Å². The van der Waals surface area contributed by atoms with Crippen LogP contribution < -0.4 is 4.74 Å². The van der Waals surface area contributed by atoms with Crippen LogP contribution in [0.4, 0.5) is 13.2 Å². The molecule has 2 unspecified atom stereocenters. The quantitative estimate of drug-likeness (QED) is 0.454. The number of thioether (sulfide) groups is 1. The lowest BCUT2D eigenvalue weighted by molar-refractivity contribution is -0.274. The summed E-state index contributed by atoms with van der Waals surface area (Å²) in [5, 5.41) is 3.15. The highest BCUT2D eigenvalue weighted by Crippen LogP contribution is 2.42. The van der Waals surface area contributed by atoms with Gasteiger partial charge in [-0.05, 0) is 67.7 Å². The third kappa shape index (κ3) is 4.66. The van der Waals surface area contributed by atoms with Crippen LogP contribution in [0, 0.1) is 5.92 Å². The molecule has 1 aromatic carbocycles. The molecule has 0 spiro atoms. The number of ether oxygens (including phenoxy) is 1. The molecule has 2 aliphatic rings. The highest BCUT2D eigenvalue weighted by molar-refractivity contribution is 8.02. The molecule has 2 aromatic rings. The van der Waals surface area contributed by atoms with Crippen molar-refractivity contribution in [2.75, 3.05) is 0 Å². The smallest absolute Gasteiger partial charge is 0.406 e. The largest absolute Gasteiger partial charge is 0.573 e. The summed E-state index contributed by atoms with van der Waals surface area (Å²) in [6, 6.07) is 6.02. The maximum atomic E-state index is 12.5. The number of nitrogens with zero attached hydrogens (tertiary/aromatic N) is 2. The molecule has 3 nitrogen and oxygen atoms in total. The van der Waals surface area contributed by atoms with Crippen LogP contribution in [0.25, 0.3) is 11.3 Å². The van der Waals surface area contributed by atoms with E-state index in [1.165, 1.54) is 30.5 Å². The van der Waals surface area contributed by atoms with Crippen LogP contribution in [-0.2, 0) is 6.42 Å². The minimum absolute atomic E-state index is 0. The van der Waals surface area contributed by atoms with E-state index >= 15 is 0 Å². The van der Waals surface area contributed by atoms with Gasteiger partial charge < -0.3 is 4.74 Å². The topological polar surface area (TPSA) is 35.0 Å². The summed E-state index contributed by atoms with van der Waals surface area (Å²) in [5.41, 5.74) is 4.01. The number of fused-ring (bicyclic) bond motifs is 1. The second-order valence-corrected chi connectivity index (χ2v) is 8.85. The molecule has 1 aliphatic heterocycles. The summed E-state index contributed by atoms with van der Waals surface area (Å²) >= 11 is 1.63. The maximum Gasteiger partial charge on any atom is 0.573 e. The SMILES string of the molecule is CCC1=CSc2nc(C3CCC(CC)C3)nc(-c3ccc(OC(F)(F)F)cc3)c2C1.[HH]. The van der Waals surface area contributed by atoms with E-state index in [1.807, 2.05) is 0 Å². The maximum absolute atomic E-state index is 12.5. The van der Waals surface area contributed by atoms with Crippen LogP contribution in [-0.4, -0.2) is 16.3 Å². The molecule has 162 valence electrons. The van der Waals surface area contributed by atoms with Crippen molar-refractivity contribution >= 4 is 11.8 Å². The van der Waals surface area contributed by atoms with Gasteiger partial charge in [-0.1, -0.05) is 37.6 Å². The molecular formula is C23H27F3N2OS. The van der Waals surface area contributed by atoms with Crippen molar-refractivity contribution in [1.29, 1.82) is 0 Å². The Morgan fingerprint density at radius 1 is 1.13 bits per heavy atom. The normalized spacial score (nSPS) is 21.3. The summed E-state index contributed by atoms with van der Waals surface area (Å²) in [6.07, 6.45) is 1.60. The van der Waals surface area contributed by atoms with E-state index in [1.54, 1.807) is 23.9 Å². The zero-order valence-electron chi connectivity index (χ0n) is 17.1. The lowest BCUT2D eigenvalue weighted by Gasteiger charge is -2.21. The molecule has 1 fully saturated rings. The summed E-state index contributed by atoms with van der Waals surface area (Å²) in [7, 11) is 0. The molecular weight excluding hydrogens is 409 g/mol. The zero-order chi connectivity index (χ0) is 21.3. The fourth-order valence-electron chi connectivity index (χ4n) is 4.27. The number of hydrogen-bond acceptors (Lipinski definition) is 4. The minimum atomic E-state index is -4.70. The number of alkyl halides is 3. The number of halogens is 3. The van der Waals surface area contributed by atoms with Gasteiger partial charge in [0.15, 0.2) is 0 Å². The third-order valence-corrected chi connectivity index (χ3v) is 7.04. The van der Waals surface area contributed by atoms with Crippen molar-refractivity contribution in [3.63, 3.8) is 0 Å². The van der Waals surface area contributed by atoms with Gasteiger partial charge in [-0.15, -0.1) is 13.2 Å². The van der Waals surface area contributed by atoms with Gasteiger partial charge in [0.1, 0.15) is 16.6 Å². The monoisotopic (exact) mass is 436 g/mol. The van der Waals surface area contributed by atoms with Crippen molar-refractivity contribution in [3.8, 4) is 17.0 Å². The van der Waals surface area contributed by atoms with E-state index < -0.39 is 6.36 Å². The van der Waals surface area contributed by atoms with Crippen molar-refractivity contribution in [1.82, 2.24) is 9.97 Å². The van der Waals surface area contributed by atoms with E-state index in [9.17, 15) is 13.2 Å². The van der Waals surface area contributed by atoms with Crippen molar-refractivity contribution in [2.45, 2.75) is 69.7 Å². The van der Waals surface area contributed by atoms with Gasteiger partial charge in [0.2, 0.25) is 0 Å². The fraction of sp³-hybridized carbons (Fsp3) is 0.478. The predicted octanol–water partition coefficient (Wildman–Crippen LogP) is 7.52. The summed E-state index contributed by atoms with van der Waals surface area (Å²) < 4.78 is 41.5. The highest BCUT2D eigenvalue weighted by Gasteiger charge is 2.32. The van der Waals surface area contributed by atoms with E-state index in [0.29, 0.717) is 5.92 Å². The Morgan fingerprint density at radius 2 is 1.90 bits per heavy atom. The molecule has 2 atom stereocenters. The summed E-state index contributed by atoms with van der Waals surface area (Å²) in [4.78, 5) is 9.88. The Balaban J connectivity index is 0.00000272. The lowest BCUT2D eigenvalue weighted by Crippen LogP contribution is -2.17. The van der Waals surface area contributed by atoms with E-state index in [4.69, 9.17) is 9.97 Å². The summed E-state index contributed by atoms with van der Waals surface area (Å²) in [5.74, 6) is 1.72. The number of benzene rings is 1. The molecule has 30 heavy (non-hydrogen) atoms. The van der Waals surface area contributed by atoms with Crippen molar-refractivity contribution in [3.05, 3.63) is 46.6 Å². The molecule has 0 bridgehead atoms. The molecule has 0 radical (unpaired) electrons. The second kappa shape index (κ2) is 8.61. The molecule has 2 heterocycles. The summed E-state index contributed by atoms with van der Waals surface area (Å²) in [6.45, 7) is 4.35. The third-order valence-electron chi connectivity index (χ3n) is 6.03. The first-order chi connectivity index (χ1) is 14.4. The second-order valence-electron chi connectivity index (χ2n) is 7.99. The number of hydrogen-bond donors (Lipinski definition) is 0. The van der Waals surface area contributed by atoms with E-state index in [2.05, 4.69) is 24.0 Å². The molecule has 0 N–H and O–H groups in total. The zero-order valence-corrected chi connectivity index (χ0v) is 17.9. The van der Waals surface area contributed by atoms with Crippen molar-refractivity contribution < 1.29 is 19.3 Å². The van der Waals surface area contributed by atoms with Gasteiger partial charge in [0.05, 0.1) is 5.69 Å². The standard InChI is InChI=1S/C23H25F3N2OS.H2/c1-3-14-5-6-17(11-14)21-27-20(19-12-15(4-2)13-30-22(19)28-21)16-7-9-18(10-8-16)29-23(24,25)26;/h7-10,13-14,17H,3-6,11-12H2,1-2H3;1H. The van der Waals surface area contributed by atoms with Gasteiger partial charge in [0.25, 0.3) is 0 Å². The fourth-order valence-corrected chi connectivity index (χ4v) is 5.25. The minimum Gasteiger partial charge on any atom is -0.406 e. The average Bonchev–Trinajstić information content (AvgIpc) is 3.21. The molecule has 1 aromatic heterocycles. The first kappa shape index (κ1) is 21.2. The Hall–Kier alpha value is -2.02. The molecule has 0 saturated heterocycles. The van der Waals surface area contributed by atoms with Gasteiger partial charge in [-0.2, -0.15) is 0 Å². The molecule has 1 saturated carbocycles. The van der Waals surface area contributed by atoms with Crippen LogP contribution in [0.5, 0.6) is 5.75 Å². The van der Waals surface area contributed by atoms with Crippen molar-refractivity contribution in [2.24, 2.45) is 5.92 Å². The molecule has 4 rings (SSSR count). The predicted molar refractivity (Wildman–Crippen MR) is 115 cm³/mol. The lowest BCUT2D eigenvalue weighted by atomic mass is 9.98. The van der Waals surface area contributed by atoms with Gasteiger partial charge >= 0.3 is 6.36 Å². The van der Waals surface area contributed by atoms with Crippen LogP contribution >= 0.6 is 11.8 Å². The molecule has 0 amide bonds. The number of aromatic nitrogens is 2. The highest BCUT2D eigenvalue weighted by atomic mass is 32.2. The number of allylic oxidation sites excluding steroid dienone is 1. The Morgan fingerprint density at radius 3 is 2.53 bits per heavy atom. The van der Waals surface area contributed by atoms with Crippen LogP contribution in [0.2, 0.25) is 0 Å². The number of rotatable bonds is 5. The van der Waals surface area contributed by atoms with Crippen LogP contribution in [0.3, 0.4) is 0 Å². The first-order valence-corrected chi connectivity index (χ1v) is 11.4. The Labute approximate surface area is 180 Å². The Bertz CT molecular complexity index is 947. The average molecular weight is 437 g/mol. The molecule has 1 aliphatic carbocycles.